The molecule has 0 saturated heterocycles. The normalized spacial score (nSPS) is 11.0. The molecule has 5 nitrogen and oxygen atoms in total. The fourth-order valence-corrected chi connectivity index (χ4v) is 2.43. The van der Waals surface area contributed by atoms with Gasteiger partial charge in [0, 0.05) is 41.1 Å². The summed E-state index contributed by atoms with van der Waals surface area (Å²) in [5, 5.41) is 5.00. The first-order valence-corrected chi connectivity index (χ1v) is 7.70. The molecule has 5 heteroatoms. The van der Waals surface area contributed by atoms with Crippen molar-refractivity contribution in [3.8, 4) is 0 Å². The number of fused-ring (bicyclic) bond motifs is 1. The van der Waals surface area contributed by atoms with E-state index in [1.807, 2.05) is 36.5 Å². The van der Waals surface area contributed by atoms with Gasteiger partial charge >= 0.3 is 0 Å². The zero-order chi connectivity index (χ0) is 16.8. The van der Waals surface area contributed by atoms with Crippen LogP contribution in [-0.2, 0) is 4.79 Å². The van der Waals surface area contributed by atoms with Gasteiger partial charge in [0.1, 0.15) is 0 Å². The molecule has 0 aliphatic rings. The number of aromatic nitrogens is 1. The molecular formula is C19H17N3O2. The predicted octanol–water partition coefficient (Wildman–Crippen LogP) is 3.28. The summed E-state index contributed by atoms with van der Waals surface area (Å²) in [6.07, 6.45) is 3.70. The molecule has 1 aromatic heterocycles. The lowest BCUT2D eigenvalue weighted by molar-refractivity contribution is -0.121. The molecule has 0 atom stereocenters. The maximum atomic E-state index is 11.9. The van der Waals surface area contributed by atoms with E-state index in [4.69, 9.17) is 0 Å². The number of Topliss-reactive ketones (excluding diaryl/α,β-unsaturated/α-hetero) is 1. The first-order valence-electron chi connectivity index (χ1n) is 7.70. The van der Waals surface area contributed by atoms with E-state index in [0.29, 0.717) is 5.56 Å². The number of H-pyrrole nitrogens is 1. The van der Waals surface area contributed by atoms with Gasteiger partial charge in [-0.05, 0) is 6.07 Å². The summed E-state index contributed by atoms with van der Waals surface area (Å²) in [4.78, 5) is 26.9. The van der Waals surface area contributed by atoms with E-state index in [0.717, 1.165) is 16.5 Å². The lowest BCUT2D eigenvalue weighted by Crippen LogP contribution is -2.18. The molecule has 0 bridgehead atoms. The SMILES string of the molecule is O=C(CCC(=O)c1ccccc1)N/N=C/c1c[nH]c2ccccc12. The number of benzene rings is 2. The van der Waals surface area contributed by atoms with E-state index in [2.05, 4.69) is 15.5 Å². The molecule has 1 heterocycles. The Balaban J connectivity index is 1.51. The third kappa shape index (κ3) is 3.76. The molecule has 0 spiro atoms. The molecule has 2 aromatic carbocycles. The van der Waals surface area contributed by atoms with Crippen LogP contribution in [0.5, 0.6) is 0 Å². The van der Waals surface area contributed by atoms with E-state index in [9.17, 15) is 9.59 Å². The van der Waals surface area contributed by atoms with Gasteiger partial charge in [-0.15, -0.1) is 0 Å². The minimum atomic E-state index is -0.282. The molecule has 3 rings (SSSR count). The number of para-hydroxylation sites is 1. The Morgan fingerprint density at radius 1 is 1.00 bits per heavy atom. The second-order valence-electron chi connectivity index (χ2n) is 5.37. The number of nitrogens with one attached hydrogen (secondary N) is 2. The minimum Gasteiger partial charge on any atom is -0.361 e. The van der Waals surface area contributed by atoms with Crippen molar-refractivity contribution in [1.82, 2.24) is 10.4 Å². The maximum absolute atomic E-state index is 11.9. The molecule has 1 amide bonds. The molecule has 3 aromatic rings. The van der Waals surface area contributed by atoms with Gasteiger partial charge in [-0.3, -0.25) is 9.59 Å². The molecular weight excluding hydrogens is 302 g/mol. The van der Waals surface area contributed by atoms with Crippen LogP contribution in [-0.4, -0.2) is 22.9 Å². The number of aromatic amines is 1. The number of ketones is 1. The van der Waals surface area contributed by atoms with E-state index in [-0.39, 0.29) is 24.5 Å². The van der Waals surface area contributed by atoms with Gasteiger partial charge in [-0.25, -0.2) is 5.43 Å². The Hall–Kier alpha value is -3.21. The fourth-order valence-electron chi connectivity index (χ4n) is 2.43. The summed E-state index contributed by atoms with van der Waals surface area (Å²) in [7, 11) is 0. The molecule has 0 aliphatic carbocycles. The van der Waals surface area contributed by atoms with Crippen molar-refractivity contribution >= 4 is 28.8 Å². The Bertz CT molecular complexity index is 882. The second kappa shape index (κ2) is 7.37. The van der Waals surface area contributed by atoms with Crippen LogP contribution in [0.15, 0.2) is 65.9 Å². The van der Waals surface area contributed by atoms with Crippen LogP contribution in [0.1, 0.15) is 28.8 Å². The number of hydrogen-bond donors (Lipinski definition) is 2. The number of carbonyl (C=O) groups is 2. The Kier molecular flexibility index (Phi) is 4.81. The average Bonchev–Trinajstić information content (AvgIpc) is 3.04. The molecule has 24 heavy (non-hydrogen) atoms. The number of nitrogens with zero attached hydrogens (tertiary/aromatic N) is 1. The highest BCUT2D eigenvalue weighted by atomic mass is 16.2. The molecule has 0 saturated carbocycles. The third-order valence-corrected chi connectivity index (χ3v) is 3.69. The van der Waals surface area contributed by atoms with Gasteiger partial charge in [-0.2, -0.15) is 5.10 Å². The number of hydrogen-bond acceptors (Lipinski definition) is 3. The summed E-state index contributed by atoms with van der Waals surface area (Å²) >= 11 is 0. The minimum absolute atomic E-state index is 0.0497. The molecule has 0 unspecified atom stereocenters. The molecule has 0 fully saturated rings. The van der Waals surface area contributed by atoms with Gasteiger partial charge in [-0.1, -0.05) is 48.5 Å². The van der Waals surface area contributed by atoms with Crippen LogP contribution < -0.4 is 5.43 Å². The van der Waals surface area contributed by atoms with Gasteiger partial charge in [0.15, 0.2) is 5.78 Å². The van der Waals surface area contributed by atoms with E-state index < -0.39 is 0 Å². The van der Waals surface area contributed by atoms with Crippen LogP contribution in [0.25, 0.3) is 10.9 Å². The van der Waals surface area contributed by atoms with Crippen LogP contribution in [0.2, 0.25) is 0 Å². The Labute approximate surface area is 139 Å². The van der Waals surface area contributed by atoms with Crippen molar-refractivity contribution in [2.45, 2.75) is 12.8 Å². The largest absolute Gasteiger partial charge is 0.361 e. The number of carbonyl (C=O) groups excluding carboxylic acids is 2. The number of hydrazone groups is 1. The van der Waals surface area contributed by atoms with Crippen molar-refractivity contribution in [2.24, 2.45) is 5.10 Å². The fraction of sp³-hybridized carbons (Fsp3) is 0.105. The summed E-state index contributed by atoms with van der Waals surface area (Å²) in [6.45, 7) is 0. The van der Waals surface area contributed by atoms with Gasteiger partial charge in [0.05, 0.1) is 6.21 Å². The summed E-state index contributed by atoms with van der Waals surface area (Å²) in [6, 6.07) is 16.8. The lowest BCUT2D eigenvalue weighted by atomic mass is 10.1. The zero-order valence-electron chi connectivity index (χ0n) is 13.0. The summed E-state index contributed by atoms with van der Waals surface area (Å²) in [5.41, 5.74) is 4.98. The molecule has 0 aliphatic heterocycles. The second-order valence-corrected chi connectivity index (χ2v) is 5.37. The molecule has 2 N–H and O–H groups in total. The Morgan fingerprint density at radius 3 is 2.58 bits per heavy atom. The van der Waals surface area contributed by atoms with E-state index in [1.165, 1.54) is 0 Å². The predicted molar refractivity (Wildman–Crippen MR) is 94.0 cm³/mol. The number of rotatable bonds is 6. The van der Waals surface area contributed by atoms with Crippen molar-refractivity contribution < 1.29 is 9.59 Å². The van der Waals surface area contributed by atoms with E-state index in [1.54, 1.807) is 30.5 Å². The van der Waals surface area contributed by atoms with Crippen molar-refractivity contribution in [2.75, 3.05) is 0 Å². The maximum Gasteiger partial charge on any atom is 0.240 e. The summed E-state index contributed by atoms with van der Waals surface area (Å²) < 4.78 is 0. The van der Waals surface area contributed by atoms with Crippen molar-refractivity contribution in [3.05, 3.63) is 71.9 Å². The summed E-state index contributed by atoms with van der Waals surface area (Å²) in [5.74, 6) is -0.332. The first-order chi connectivity index (χ1) is 11.7. The topological polar surface area (TPSA) is 74.3 Å². The number of amides is 1. The van der Waals surface area contributed by atoms with E-state index >= 15 is 0 Å². The highest BCUT2D eigenvalue weighted by molar-refractivity contribution is 6.00. The van der Waals surface area contributed by atoms with Crippen LogP contribution >= 0.6 is 0 Å². The highest BCUT2D eigenvalue weighted by Crippen LogP contribution is 2.15. The highest BCUT2D eigenvalue weighted by Gasteiger charge is 2.08. The zero-order valence-corrected chi connectivity index (χ0v) is 13.0. The van der Waals surface area contributed by atoms with Crippen LogP contribution in [0.4, 0.5) is 0 Å². The van der Waals surface area contributed by atoms with Gasteiger partial charge < -0.3 is 4.98 Å². The first kappa shape index (κ1) is 15.7. The average molecular weight is 319 g/mol. The smallest absolute Gasteiger partial charge is 0.240 e. The Morgan fingerprint density at radius 2 is 1.75 bits per heavy atom. The van der Waals surface area contributed by atoms with Crippen molar-refractivity contribution in [3.63, 3.8) is 0 Å². The molecule has 120 valence electrons. The van der Waals surface area contributed by atoms with Crippen LogP contribution in [0.3, 0.4) is 0 Å². The van der Waals surface area contributed by atoms with Crippen LogP contribution in [0, 0.1) is 0 Å². The molecule has 0 radical (unpaired) electrons. The monoisotopic (exact) mass is 319 g/mol. The quantitative estimate of drug-likeness (QED) is 0.416. The third-order valence-electron chi connectivity index (χ3n) is 3.69. The van der Waals surface area contributed by atoms with Gasteiger partial charge in [0.25, 0.3) is 0 Å². The standard InChI is InChI=1S/C19H17N3O2/c23-18(14-6-2-1-3-7-14)10-11-19(24)22-21-13-15-12-20-17-9-5-4-8-16(15)17/h1-9,12-13,20H,10-11H2,(H,22,24)/b21-13+. The van der Waals surface area contributed by atoms with Gasteiger partial charge in [0.2, 0.25) is 5.91 Å². The van der Waals surface area contributed by atoms with Crippen molar-refractivity contribution in [1.29, 1.82) is 0 Å². The lowest BCUT2D eigenvalue weighted by Gasteiger charge is -2.00.